The van der Waals surface area contributed by atoms with Crippen molar-refractivity contribution in [1.82, 2.24) is 0 Å². The molecule has 1 N–H and O–H groups in total. The number of allylic oxidation sites excluding steroid dienone is 1. The van der Waals surface area contributed by atoms with Crippen LogP contribution in [0.4, 0.5) is 5.88 Å². The fourth-order valence-corrected chi connectivity index (χ4v) is 3.09. The average molecular weight is 446 g/mol. The number of hydrogen-bond donors (Lipinski definition) is 1. The highest BCUT2D eigenvalue weighted by Gasteiger charge is 2.24. The van der Waals surface area contributed by atoms with Crippen molar-refractivity contribution >= 4 is 17.8 Å². The Hall–Kier alpha value is -4.51. The van der Waals surface area contributed by atoms with Gasteiger partial charge in [0.25, 0.3) is 5.91 Å². The van der Waals surface area contributed by atoms with E-state index in [0.29, 0.717) is 33.9 Å². The molecule has 0 saturated heterocycles. The molecule has 0 radical (unpaired) electrons. The Morgan fingerprint density at radius 1 is 1.00 bits per heavy atom. The number of nitrogens with zero attached hydrogens (tertiary/aromatic N) is 1. The molecule has 33 heavy (non-hydrogen) atoms. The van der Waals surface area contributed by atoms with Crippen LogP contribution < -0.4 is 14.8 Å². The average Bonchev–Trinajstić information content (AvgIpc) is 3.21. The molecule has 0 bridgehead atoms. The second-order valence-electron chi connectivity index (χ2n) is 6.74. The Morgan fingerprint density at radius 3 is 2.09 bits per heavy atom. The van der Waals surface area contributed by atoms with Crippen LogP contribution in [-0.2, 0) is 14.3 Å². The molecule has 0 aliphatic carbocycles. The SMILES string of the molecule is C/C=C/C(=O)OCC(=O)Nc1oc(-c2ccc(OC)cc2)c(-c2ccc(OC)cc2)c1C#N. The smallest absolute Gasteiger partial charge is 0.330 e. The van der Waals surface area contributed by atoms with Gasteiger partial charge < -0.3 is 18.6 Å². The highest BCUT2D eigenvalue weighted by molar-refractivity contribution is 5.97. The number of nitriles is 1. The Morgan fingerprint density at radius 2 is 1.58 bits per heavy atom. The van der Waals surface area contributed by atoms with Crippen LogP contribution in [0, 0.1) is 11.3 Å². The molecule has 8 nitrogen and oxygen atoms in total. The molecule has 168 valence electrons. The minimum absolute atomic E-state index is 0.0405. The first-order valence-corrected chi connectivity index (χ1v) is 9.95. The van der Waals surface area contributed by atoms with E-state index < -0.39 is 18.5 Å². The first-order valence-electron chi connectivity index (χ1n) is 9.95. The first-order chi connectivity index (χ1) is 16.0. The minimum atomic E-state index is -0.648. The number of nitrogens with one attached hydrogen (secondary N) is 1. The highest BCUT2D eigenvalue weighted by atomic mass is 16.5. The second kappa shape index (κ2) is 10.7. The number of methoxy groups -OCH3 is 2. The van der Waals surface area contributed by atoms with E-state index in [9.17, 15) is 14.9 Å². The van der Waals surface area contributed by atoms with Gasteiger partial charge >= 0.3 is 5.97 Å². The fraction of sp³-hybridized carbons (Fsp3) is 0.160. The van der Waals surface area contributed by atoms with Crippen molar-refractivity contribution in [3.8, 4) is 40.0 Å². The van der Waals surface area contributed by atoms with Crippen LogP contribution in [0.5, 0.6) is 11.5 Å². The van der Waals surface area contributed by atoms with Crippen molar-refractivity contribution in [2.24, 2.45) is 0 Å². The molecule has 1 aromatic heterocycles. The monoisotopic (exact) mass is 446 g/mol. The maximum absolute atomic E-state index is 12.3. The van der Waals surface area contributed by atoms with Crippen LogP contribution in [0.15, 0.2) is 65.1 Å². The summed E-state index contributed by atoms with van der Waals surface area (Å²) in [5.74, 6) is 0.379. The molecule has 3 aromatic rings. The molecule has 0 saturated carbocycles. The van der Waals surface area contributed by atoms with Crippen molar-refractivity contribution in [3.05, 3.63) is 66.2 Å². The molecule has 0 spiro atoms. The van der Waals surface area contributed by atoms with E-state index in [2.05, 4.69) is 11.4 Å². The van der Waals surface area contributed by atoms with Crippen LogP contribution >= 0.6 is 0 Å². The molecule has 1 amide bonds. The minimum Gasteiger partial charge on any atom is -0.497 e. The number of hydrogen-bond acceptors (Lipinski definition) is 7. The van der Waals surface area contributed by atoms with Gasteiger partial charge in [-0.25, -0.2) is 4.79 Å². The lowest BCUT2D eigenvalue weighted by Gasteiger charge is -2.06. The maximum Gasteiger partial charge on any atom is 0.330 e. The largest absolute Gasteiger partial charge is 0.497 e. The molecule has 0 fully saturated rings. The summed E-state index contributed by atoms with van der Waals surface area (Å²) in [5, 5.41) is 12.4. The summed E-state index contributed by atoms with van der Waals surface area (Å²) < 4.78 is 21.2. The fourth-order valence-electron chi connectivity index (χ4n) is 3.09. The number of carbonyl (C=O) groups is 2. The van der Waals surface area contributed by atoms with Crippen molar-refractivity contribution in [1.29, 1.82) is 5.26 Å². The van der Waals surface area contributed by atoms with Crippen molar-refractivity contribution in [3.63, 3.8) is 0 Å². The number of rotatable bonds is 8. The van der Waals surface area contributed by atoms with E-state index in [1.54, 1.807) is 69.7 Å². The van der Waals surface area contributed by atoms with Gasteiger partial charge in [-0.3, -0.25) is 10.1 Å². The van der Waals surface area contributed by atoms with Crippen LogP contribution in [-0.4, -0.2) is 32.7 Å². The number of furan rings is 1. The molecule has 0 atom stereocenters. The molecular weight excluding hydrogens is 424 g/mol. The zero-order valence-corrected chi connectivity index (χ0v) is 18.4. The lowest BCUT2D eigenvalue weighted by Crippen LogP contribution is -2.20. The number of anilines is 1. The summed E-state index contributed by atoms with van der Waals surface area (Å²) in [5.41, 5.74) is 2.02. The molecule has 1 heterocycles. The van der Waals surface area contributed by atoms with Crippen LogP contribution in [0.25, 0.3) is 22.5 Å². The summed E-state index contributed by atoms with van der Waals surface area (Å²) >= 11 is 0. The lowest BCUT2D eigenvalue weighted by atomic mass is 9.98. The third kappa shape index (κ3) is 5.40. The van der Waals surface area contributed by atoms with E-state index in [-0.39, 0.29) is 11.4 Å². The van der Waals surface area contributed by atoms with Gasteiger partial charge in [0.15, 0.2) is 6.61 Å². The molecule has 2 aromatic carbocycles. The highest BCUT2D eigenvalue weighted by Crippen LogP contribution is 2.42. The Balaban J connectivity index is 2.03. The molecule has 0 unspecified atom stereocenters. The van der Waals surface area contributed by atoms with Gasteiger partial charge in [0.2, 0.25) is 5.88 Å². The Bertz CT molecular complexity index is 1200. The number of amides is 1. The van der Waals surface area contributed by atoms with E-state index in [1.807, 2.05) is 0 Å². The van der Waals surface area contributed by atoms with Crippen molar-refractivity contribution < 1.29 is 28.2 Å². The van der Waals surface area contributed by atoms with Gasteiger partial charge in [0.05, 0.1) is 14.2 Å². The third-order valence-electron chi connectivity index (χ3n) is 4.65. The van der Waals surface area contributed by atoms with Crippen molar-refractivity contribution in [2.45, 2.75) is 6.92 Å². The standard InChI is InChI=1S/C25H22N2O6/c1-4-5-22(29)32-15-21(28)27-25-20(14-26)23(16-6-10-18(30-2)11-7-16)24(33-25)17-8-12-19(31-3)13-9-17/h4-13H,15H2,1-3H3,(H,27,28)/b5-4+. The van der Waals surface area contributed by atoms with Crippen LogP contribution in [0.1, 0.15) is 12.5 Å². The predicted octanol–water partition coefficient (Wildman–Crippen LogP) is 4.56. The number of ether oxygens (including phenoxy) is 3. The number of esters is 1. The van der Waals surface area contributed by atoms with Gasteiger partial charge in [-0.2, -0.15) is 5.26 Å². The molecule has 0 aliphatic rings. The zero-order valence-electron chi connectivity index (χ0n) is 18.4. The van der Waals surface area contributed by atoms with Gasteiger partial charge in [-0.1, -0.05) is 18.2 Å². The zero-order chi connectivity index (χ0) is 23.8. The van der Waals surface area contributed by atoms with Gasteiger partial charge in [-0.05, 0) is 48.9 Å². The van der Waals surface area contributed by atoms with Crippen LogP contribution in [0.3, 0.4) is 0 Å². The molecular formula is C25H22N2O6. The topological polar surface area (TPSA) is 111 Å². The van der Waals surface area contributed by atoms with E-state index in [0.717, 1.165) is 0 Å². The quantitative estimate of drug-likeness (QED) is 0.399. The van der Waals surface area contributed by atoms with Gasteiger partial charge in [0.1, 0.15) is 28.9 Å². The predicted molar refractivity (Wildman–Crippen MR) is 122 cm³/mol. The summed E-state index contributed by atoms with van der Waals surface area (Å²) in [6, 6.07) is 16.3. The Kier molecular flexibility index (Phi) is 7.50. The summed E-state index contributed by atoms with van der Waals surface area (Å²) in [7, 11) is 3.13. The summed E-state index contributed by atoms with van der Waals surface area (Å²) in [4.78, 5) is 23.8. The summed E-state index contributed by atoms with van der Waals surface area (Å²) in [6.07, 6.45) is 2.70. The number of carbonyl (C=O) groups excluding carboxylic acids is 2. The third-order valence-corrected chi connectivity index (χ3v) is 4.65. The first kappa shape index (κ1) is 23.2. The van der Waals surface area contributed by atoms with E-state index in [4.69, 9.17) is 18.6 Å². The molecule has 0 aliphatic heterocycles. The Labute approximate surface area is 191 Å². The molecule has 8 heteroatoms. The van der Waals surface area contributed by atoms with E-state index >= 15 is 0 Å². The van der Waals surface area contributed by atoms with Gasteiger partial charge in [-0.15, -0.1) is 0 Å². The van der Waals surface area contributed by atoms with Gasteiger partial charge in [0, 0.05) is 17.2 Å². The molecule has 3 rings (SSSR count). The lowest BCUT2D eigenvalue weighted by molar-refractivity contribution is -0.142. The maximum atomic E-state index is 12.3. The second-order valence-corrected chi connectivity index (χ2v) is 6.74. The van der Waals surface area contributed by atoms with Crippen LogP contribution in [0.2, 0.25) is 0 Å². The summed E-state index contributed by atoms with van der Waals surface area (Å²) in [6.45, 7) is 1.13. The van der Waals surface area contributed by atoms with E-state index in [1.165, 1.54) is 12.2 Å². The number of benzene rings is 2. The van der Waals surface area contributed by atoms with Crippen molar-refractivity contribution in [2.75, 3.05) is 26.1 Å². The normalized spacial score (nSPS) is 10.5.